The van der Waals surface area contributed by atoms with Gasteiger partial charge in [0.15, 0.2) is 0 Å². The van der Waals surface area contributed by atoms with E-state index in [4.69, 9.17) is 0 Å². The van der Waals surface area contributed by atoms with Crippen molar-refractivity contribution in [1.82, 2.24) is 9.97 Å². The highest BCUT2D eigenvalue weighted by molar-refractivity contribution is 8.02. The Morgan fingerprint density at radius 3 is 2.14 bits per heavy atom. The number of hydrogen-bond acceptors (Lipinski definition) is 4. The van der Waals surface area contributed by atoms with Crippen LogP contribution in [0, 0.1) is 0 Å². The van der Waals surface area contributed by atoms with Crippen molar-refractivity contribution >= 4 is 45.3 Å². The lowest BCUT2D eigenvalue weighted by Gasteiger charge is -2.14. The molecule has 0 saturated carbocycles. The first-order valence-electron chi connectivity index (χ1n) is 7.69. The molecule has 0 aliphatic rings. The molecule has 1 aromatic carbocycles. The SMILES string of the molecule is CCCCCSc1c(SC)c2cccnc2c2ncccc12. The molecule has 0 spiro atoms. The number of fused-ring (bicyclic) bond motifs is 3. The van der Waals surface area contributed by atoms with Crippen LogP contribution >= 0.6 is 23.5 Å². The smallest absolute Gasteiger partial charge is 0.0976 e. The normalized spacial score (nSPS) is 11.4. The van der Waals surface area contributed by atoms with Crippen LogP contribution in [0.15, 0.2) is 46.5 Å². The van der Waals surface area contributed by atoms with Crippen molar-refractivity contribution in [3.63, 3.8) is 0 Å². The largest absolute Gasteiger partial charge is 0.254 e. The fourth-order valence-corrected chi connectivity index (χ4v) is 4.89. The Morgan fingerprint density at radius 2 is 1.55 bits per heavy atom. The molecule has 0 atom stereocenters. The van der Waals surface area contributed by atoms with Gasteiger partial charge in [0.1, 0.15) is 0 Å². The third-order valence-electron chi connectivity index (χ3n) is 3.73. The molecular formula is C18H20N2S2. The molecule has 0 aliphatic carbocycles. The fraction of sp³-hybridized carbons (Fsp3) is 0.333. The monoisotopic (exact) mass is 328 g/mol. The van der Waals surface area contributed by atoms with E-state index in [1.165, 1.54) is 39.8 Å². The highest BCUT2D eigenvalue weighted by Gasteiger charge is 2.15. The van der Waals surface area contributed by atoms with Gasteiger partial charge in [0.2, 0.25) is 0 Å². The fourth-order valence-electron chi connectivity index (χ4n) is 2.67. The zero-order chi connectivity index (χ0) is 15.4. The van der Waals surface area contributed by atoms with Gasteiger partial charge in [-0.1, -0.05) is 31.9 Å². The highest BCUT2D eigenvalue weighted by atomic mass is 32.2. The molecule has 4 heteroatoms. The maximum absolute atomic E-state index is 4.60. The van der Waals surface area contributed by atoms with Crippen molar-refractivity contribution in [3.8, 4) is 0 Å². The quantitative estimate of drug-likeness (QED) is 0.325. The van der Waals surface area contributed by atoms with Crippen LogP contribution in [0.1, 0.15) is 26.2 Å². The van der Waals surface area contributed by atoms with Crippen LogP contribution < -0.4 is 0 Å². The van der Waals surface area contributed by atoms with Gasteiger partial charge in [-0.2, -0.15) is 0 Å². The molecule has 3 aromatic rings. The van der Waals surface area contributed by atoms with Gasteiger partial charge >= 0.3 is 0 Å². The van der Waals surface area contributed by atoms with Gasteiger partial charge in [-0.05, 0) is 30.6 Å². The minimum atomic E-state index is 1.01. The second-order valence-electron chi connectivity index (χ2n) is 5.22. The number of benzene rings is 1. The zero-order valence-electron chi connectivity index (χ0n) is 13.0. The van der Waals surface area contributed by atoms with Crippen LogP contribution in [-0.2, 0) is 0 Å². The van der Waals surface area contributed by atoms with Crippen molar-refractivity contribution in [2.45, 2.75) is 36.0 Å². The Hall–Kier alpha value is -1.26. The van der Waals surface area contributed by atoms with Gasteiger partial charge in [0.25, 0.3) is 0 Å². The minimum absolute atomic E-state index is 1.01. The summed E-state index contributed by atoms with van der Waals surface area (Å²) in [6.45, 7) is 2.25. The summed E-state index contributed by atoms with van der Waals surface area (Å²) in [5.41, 5.74) is 2.04. The summed E-state index contributed by atoms with van der Waals surface area (Å²) >= 11 is 3.78. The van der Waals surface area contributed by atoms with Gasteiger partial charge < -0.3 is 0 Å². The summed E-state index contributed by atoms with van der Waals surface area (Å²) in [5, 5.41) is 2.46. The summed E-state index contributed by atoms with van der Waals surface area (Å²) < 4.78 is 0. The van der Waals surface area contributed by atoms with Gasteiger partial charge in [0.05, 0.1) is 11.0 Å². The van der Waals surface area contributed by atoms with Gasteiger partial charge in [-0.3, -0.25) is 9.97 Å². The molecule has 22 heavy (non-hydrogen) atoms. The predicted molar refractivity (Wildman–Crippen MR) is 99.1 cm³/mol. The van der Waals surface area contributed by atoms with Crippen molar-refractivity contribution in [1.29, 1.82) is 0 Å². The lowest BCUT2D eigenvalue weighted by molar-refractivity contribution is 0.778. The highest BCUT2D eigenvalue weighted by Crippen LogP contribution is 2.41. The number of aromatic nitrogens is 2. The van der Waals surface area contributed by atoms with E-state index in [0.717, 1.165) is 16.8 Å². The van der Waals surface area contributed by atoms with Crippen LogP contribution in [0.5, 0.6) is 0 Å². The van der Waals surface area contributed by atoms with Crippen molar-refractivity contribution in [2.24, 2.45) is 0 Å². The van der Waals surface area contributed by atoms with E-state index in [1.807, 2.05) is 48.1 Å². The molecule has 2 aromatic heterocycles. The van der Waals surface area contributed by atoms with E-state index in [0.29, 0.717) is 0 Å². The summed E-state index contributed by atoms with van der Waals surface area (Å²) in [6.07, 6.45) is 9.70. The standard InChI is InChI=1S/C18H20N2S2/c1-3-4-5-12-22-18-14-9-7-11-20-16(14)15-13(17(18)21-2)8-6-10-19-15/h6-11H,3-5,12H2,1-2H3. The van der Waals surface area contributed by atoms with Crippen LogP contribution in [-0.4, -0.2) is 22.0 Å². The van der Waals surface area contributed by atoms with E-state index in [2.05, 4.69) is 35.3 Å². The second-order valence-corrected chi connectivity index (χ2v) is 7.14. The van der Waals surface area contributed by atoms with Crippen molar-refractivity contribution < 1.29 is 0 Å². The molecule has 0 fully saturated rings. The molecule has 2 heterocycles. The maximum Gasteiger partial charge on any atom is 0.0976 e. The summed E-state index contributed by atoms with van der Waals surface area (Å²) in [5.74, 6) is 1.16. The molecule has 0 aliphatic heterocycles. The number of unbranched alkanes of at least 4 members (excludes halogenated alkanes) is 2. The molecule has 0 amide bonds. The molecule has 2 nitrogen and oxygen atoms in total. The molecule has 0 saturated heterocycles. The minimum Gasteiger partial charge on any atom is -0.254 e. The maximum atomic E-state index is 4.60. The first-order valence-corrected chi connectivity index (χ1v) is 9.90. The second kappa shape index (κ2) is 7.34. The molecule has 0 unspecified atom stereocenters. The van der Waals surface area contributed by atoms with Gasteiger partial charge in [-0.15, -0.1) is 23.5 Å². The molecular weight excluding hydrogens is 308 g/mol. The number of rotatable bonds is 6. The van der Waals surface area contributed by atoms with Gasteiger partial charge in [-0.25, -0.2) is 0 Å². The molecule has 0 N–H and O–H groups in total. The Morgan fingerprint density at radius 1 is 0.909 bits per heavy atom. The van der Waals surface area contributed by atoms with E-state index < -0.39 is 0 Å². The summed E-state index contributed by atoms with van der Waals surface area (Å²) in [6, 6.07) is 8.39. The molecule has 3 rings (SSSR count). The first-order chi connectivity index (χ1) is 10.9. The Balaban J connectivity index is 2.17. The van der Waals surface area contributed by atoms with Crippen LogP contribution in [0.2, 0.25) is 0 Å². The van der Waals surface area contributed by atoms with E-state index in [9.17, 15) is 0 Å². The van der Waals surface area contributed by atoms with Crippen LogP contribution in [0.3, 0.4) is 0 Å². The Labute approximate surface area is 140 Å². The Kier molecular flexibility index (Phi) is 5.21. The average molecular weight is 329 g/mol. The van der Waals surface area contributed by atoms with E-state index in [1.54, 1.807) is 0 Å². The number of hydrogen-bond donors (Lipinski definition) is 0. The zero-order valence-corrected chi connectivity index (χ0v) is 14.6. The number of nitrogens with zero attached hydrogens (tertiary/aromatic N) is 2. The topological polar surface area (TPSA) is 25.8 Å². The van der Waals surface area contributed by atoms with Crippen molar-refractivity contribution in [2.75, 3.05) is 12.0 Å². The number of thioether (sulfide) groups is 2. The van der Waals surface area contributed by atoms with E-state index in [-0.39, 0.29) is 0 Å². The van der Waals surface area contributed by atoms with Crippen LogP contribution in [0.25, 0.3) is 21.8 Å². The molecule has 0 bridgehead atoms. The third-order valence-corrected chi connectivity index (χ3v) is 5.90. The van der Waals surface area contributed by atoms with E-state index >= 15 is 0 Å². The van der Waals surface area contributed by atoms with Crippen molar-refractivity contribution in [3.05, 3.63) is 36.7 Å². The predicted octanol–water partition coefficient (Wildman–Crippen LogP) is 5.79. The number of pyridine rings is 2. The average Bonchev–Trinajstić information content (AvgIpc) is 2.58. The lowest BCUT2D eigenvalue weighted by atomic mass is 10.1. The first kappa shape index (κ1) is 15.6. The molecule has 0 radical (unpaired) electrons. The molecule has 114 valence electrons. The summed E-state index contributed by atoms with van der Waals surface area (Å²) in [7, 11) is 0. The van der Waals surface area contributed by atoms with Gasteiger partial charge in [0, 0.05) is 33.0 Å². The third kappa shape index (κ3) is 2.95. The summed E-state index contributed by atoms with van der Waals surface area (Å²) in [4.78, 5) is 11.9. The Bertz CT molecular complexity index is 786. The van der Waals surface area contributed by atoms with Crippen LogP contribution in [0.4, 0.5) is 0 Å². The lowest BCUT2D eigenvalue weighted by Crippen LogP contribution is -1.92.